The second-order valence-corrected chi connectivity index (χ2v) is 6.06. The molecule has 0 spiro atoms. The van der Waals surface area contributed by atoms with E-state index in [0.717, 1.165) is 38.5 Å². The summed E-state index contributed by atoms with van der Waals surface area (Å²) in [6.07, 6.45) is 8.64. The molecule has 0 saturated heterocycles. The van der Waals surface area contributed by atoms with Gasteiger partial charge in [0.1, 0.15) is 0 Å². The summed E-state index contributed by atoms with van der Waals surface area (Å²) in [5.74, 6) is 0.365. The summed E-state index contributed by atoms with van der Waals surface area (Å²) in [4.78, 5) is 0. The third-order valence-corrected chi connectivity index (χ3v) is 4.99. The lowest BCUT2D eigenvalue weighted by Gasteiger charge is -2.23. The monoisotopic (exact) mass is 220 g/mol. The first-order chi connectivity index (χ1) is 6.75. The Morgan fingerprint density at radius 3 is 2.50 bits per heavy atom. The van der Waals surface area contributed by atoms with E-state index in [1.807, 2.05) is 0 Å². The maximum absolute atomic E-state index is 12.9. The summed E-state index contributed by atoms with van der Waals surface area (Å²) in [5, 5.41) is 0. The van der Waals surface area contributed by atoms with Crippen LogP contribution in [0.3, 0.4) is 0 Å². The molecular formula is C11H22F2Si. The highest BCUT2D eigenvalue weighted by Gasteiger charge is 2.32. The average Bonchev–Trinajstić information content (AvgIpc) is 2.39. The standard InChI is InChI=1S/C11H22F2Si/c1-2-3-7-10-8-5-4-6-9-11(10)14(12)13/h10-11,14H,2-9H2,1H3. The fourth-order valence-corrected chi connectivity index (χ4v) is 3.85. The van der Waals surface area contributed by atoms with Crippen LogP contribution < -0.4 is 0 Å². The Balaban J connectivity index is 2.45. The number of halogens is 2. The largest absolute Gasteiger partial charge is 0.414 e. The highest BCUT2D eigenvalue weighted by molar-refractivity contribution is 6.44. The Morgan fingerprint density at radius 1 is 1.14 bits per heavy atom. The molecule has 0 N–H and O–H groups in total. The first kappa shape index (κ1) is 12.1. The van der Waals surface area contributed by atoms with Gasteiger partial charge in [0.2, 0.25) is 0 Å². The van der Waals surface area contributed by atoms with E-state index in [2.05, 4.69) is 6.92 Å². The van der Waals surface area contributed by atoms with Gasteiger partial charge in [-0.25, -0.2) is 0 Å². The van der Waals surface area contributed by atoms with Crippen LogP contribution in [0.15, 0.2) is 0 Å². The van der Waals surface area contributed by atoms with Gasteiger partial charge in [0, 0.05) is 5.54 Å². The first-order valence-electron chi connectivity index (χ1n) is 6.03. The van der Waals surface area contributed by atoms with Crippen molar-refractivity contribution in [2.24, 2.45) is 5.92 Å². The van der Waals surface area contributed by atoms with Crippen LogP contribution in [0.1, 0.15) is 58.3 Å². The van der Waals surface area contributed by atoms with Gasteiger partial charge >= 0.3 is 9.46 Å². The summed E-state index contributed by atoms with van der Waals surface area (Å²) in [6, 6.07) is 0. The molecule has 0 amide bonds. The van der Waals surface area contributed by atoms with Crippen LogP contribution in [-0.2, 0) is 0 Å². The Kier molecular flexibility index (Phi) is 5.68. The van der Waals surface area contributed by atoms with Gasteiger partial charge in [-0.05, 0) is 12.3 Å². The zero-order valence-electron chi connectivity index (χ0n) is 9.14. The third kappa shape index (κ3) is 3.68. The Bertz CT molecular complexity index is 150. The molecule has 0 radical (unpaired) electrons. The van der Waals surface area contributed by atoms with Crippen molar-refractivity contribution < 1.29 is 8.22 Å². The highest BCUT2D eigenvalue weighted by atomic mass is 28.4. The summed E-state index contributed by atoms with van der Waals surface area (Å²) in [5.41, 5.74) is -0.163. The van der Waals surface area contributed by atoms with Crippen molar-refractivity contribution in [3.8, 4) is 0 Å². The van der Waals surface area contributed by atoms with Gasteiger partial charge in [0.05, 0.1) is 0 Å². The molecule has 1 fully saturated rings. The number of hydrogen-bond donors (Lipinski definition) is 0. The highest BCUT2D eigenvalue weighted by Crippen LogP contribution is 2.39. The van der Waals surface area contributed by atoms with Crippen molar-refractivity contribution in [3.63, 3.8) is 0 Å². The van der Waals surface area contributed by atoms with Gasteiger partial charge in [-0.1, -0.05) is 51.9 Å². The van der Waals surface area contributed by atoms with E-state index in [1.54, 1.807) is 0 Å². The molecule has 84 valence electrons. The zero-order chi connectivity index (χ0) is 10.4. The molecule has 1 aliphatic carbocycles. The van der Waals surface area contributed by atoms with E-state index in [0.29, 0.717) is 5.92 Å². The topological polar surface area (TPSA) is 0 Å². The molecule has 1 aliphatic rings. The van der Waals surface area contributed by atoms with E-state index < -0.39 is 9.46 Å². The predicted octanol–water partition coefficient (Wildman–Crippen LogP) is 4.29. The van der Waals surface area contributed by atoms with Gasteiger partial charge < -0.3 is 0 Å². The van der Waals surface area contributed by atoms with E-state index in [4.69, 9.17) is 0 Å². The van der Waals surface area contributed by atoms with E-state index in [-0.39, 0.29) is 5.54 Å². The number of rotatable bonds is 4. The zero-order valence-corrected chi connectivity index (χ0v) is 10.3. The first-order valence-corrected chi connectivity index (χ1v) is 7.57. The van der Waals surface area contributed by atoms with Gasteiger partial charge in [-0.3, -0.25) is 8.22 Å². The Labute approximate surface area is 88.0 Å². The van der Waals surface area contributed by atoms with Crippen LogP contribution in [0.2, 0.25) is 5.54 Å². The maximum atomic E-state index is 12.9. The minimum Gasteiger partial charge on any atom is -0.274 e. The maximum Gasteiger partial charge on any atom is 0.414 e. The van der Waals surface area contributed by atoms with Gasteiger partial charge in [0.25, 0.3) is 0 Å². The smallest absolute Gasteiger partial charge is 0.274 e. The molecule has 1 saturated carbocycles. The van der Waals surface area contributed by atoms with Crippen molar-refractivity contribution >= 4 is 9.46 Å². The number of unbranched alkanes of at least 4 members (excludes halogenated alkanes) is 1. The third-order valence-electron chi connectivity index (χ3n) is 3.47. The second-order valence-electron chi connectivity index (χ2n) is 4.54. The molecule has 0 heterocycles. The van der Waals surface area contributed by atoms with Crippen LogP contribution in [-0.4, -0.2) is 9.46 Å². The summed E-state index contributed by atoms with van der Waals surface area (Å²) in [7, 11) is -3.38. The summed E-state index contributed by atoms with van der Waals surface area (Å²) in [6.45, 7) is 2.14. The lowest BCUT2D eigenvalue weighted by atomic mass is 9.94. The van der Waals surface area contributed by atoms with Crippen LogP contribution in [0.25, 0.3) is 0 Å². The SMILES string of the molecule is CCCCC1CCCCCC1[SiH](F)F. The van der Waals surface area contributed by atoms with Crippen LogP contribution >= 0.6 is 0 Å². The quantitative estimate of drug-likeness (QED) is 0.377. The fourth-order valence-electron chi connectivity index (χ4n) is 2.57. The molecule has 14 heavy (non-hydrogen) atoms. The Hall–Kier alpha value is 0.0769. The van der Waals surface area contributed by atoms with Crippen LogP contribution in [0, 0.1) is 5.92 Å². The minimum absolute atomic E-state index is 0.163. The van der Waals surface area contributed by atoms with Crippen molar-refractivity contribution in [3.05, 3.63) is 0 Å². The lowest BCUT2D eigenvalue weighted by Crippen LogP contribution is -2.19. The molecule has 1 rings (SSSR count). The van der Waals surface area contributed by atoms with Crippen LogP contribution in [0.5, 0.6) is 0 Å². The van der Waals surface area contributed by atoms with Gasteiger partial charge in [0.15, 0.2) is 0 Å². The van der Waals surface area contributed by atoms with E-state index in [9.17, 15) is 8.22 Å². The van der Waals surface area contributed by atoms with Crippen molar-refractivity contribution in [1.82, 2.24) is 0 Å². The normalized spacial score (nSPS) is 29.1. The van der Waals surface area contributed by atoms with Gasteiger partial charge in [-0.15, -0.1) is 0 Å². The van der Waals surface area contributed by atoms with E-state index >= 15 is 0 Å². The molecule has 0 bridgehead atoms. The molecule has 0 aromatic rings. The van der Waals surface area contributed by atoms with Crippen molar-refractivity contribution in [2.45, 2.75) is 63.8 Å². The minimum atomic E-state index is -3.38. The van der Waals surface area contributed by atoms with Crippen molar-refractivity contribution in [2.75, 3.05) is 0 Å². The summed E-state index contributed by atoms with van der Waals surface area (Å²) < 4.78 is 25.8. The molecule has 0 aromatic carbocycles. The van der Waals surface area contributed by atoms with Crippen LogP contribution in [0.4, 0.5) is 8.22 Å². The van der Waals surface area contributed by atoms with Crippen molar-refractivity contribution in [1.29, 1.82) is 0 Å². The molecule has 3 heteroatoms. The molecule has 0 aliphatic heterocycles. The van der Waals surface area contributed by atoms with Gasteiger partial charge in [-0.2, -0.15) is 0 Å². The molecule has 0 nitrogen and oxygen atoms in total. The molecule has 2 atom stereocenters. The predicted molar refractivity (Wildman–Crippen MR) is 59.2 cm³/mol. The Morgan fingerprint density at radius 2 is 1.86 bits per heavy atom. The molecule has 2 unspecified atom stereocenters. The second kappa shape index (κ2) is 6.54. The number of hydrogen-bond acceptors (Lipinski definition) is 0. The fraction of sp³-hybridized carbons (Fsp3) is 1.00. The molecule has 0 aromatic heterocycles. The lowest BCUT2D eigenvalue weighted by molar-refractivity contribution is 0.383. The summed E-state index contributed by atoms with van der Waals surface area (Å²) >= 11 is 0. The average molecular weight is 220 g/mol. The van der Waals surface area contributed by atoms with E-state index in [1.165, 1.54) is 12.8 Å². The molecular weight excluding hydrogens is 198 g/mol.